The van der Waals surface area contributed by atoms with Crippen molar-refractivity contribution in [3.8, 4) is 17.2 Å². The van der Waals surface area contributed by atoms with Gasteiger partial charge in [-0.2, -0.15) is 0 Å². The molecule has 0 unspecified atom stereocenters. The maximum absolute atomic E-state index is 11.7. The average Bonchev–Trinajstić information content (AvgIpc) is 2.44. The average molecular weight is 297 g/mol. The van der Waals surface area contributed by atoms with Gasteiger partial charge in [0.05, 0.1) is 33.4 Å². The van der Waals surface area contributed by atoms with Crippen LogP contribution in [0.15, 0.2) is 6.07 Å². The number of carboxylic acid groups (broad SMARTS) is 1. The van der Waals surface area contributed by atoms with Crippen molar-refractivity contribution >= 4 is 17.6 Å². The zero-order valence-electron chi connectivity index (χ0n) is 12.5. The lowest BCUT2D eigenvalue weighted by atomic mass is 10.1. The second-order valence-electron chi connectivity index (χ2n) is 4.26. The van der Waals surface area contributed by atoms with E-state index in [1.54, 1.807) is 13.0 Å². The van der Waals surface area contributed by atoms with Crippen molar-refractivity contribution in [3.63, 3.8) is 0 Å². The van der Waals surface area contributed by atoms with Crippen molar-refractivity contribution in [2.24, 2.45) is 0 Å². The highest BCUT2D eigenvalue weighted by atomic mass is 16.5. The lowest BCUT2D eigenvalue weighted by molar-refractivity contribution is -0.138. The molecule has 21 heavy (non-hydrogen) atoms. The standard InChI is InChI=1S/C14H19NO6/c1-8-13(20-3)9(7-10(19-2)14(8)21-4)15-11(16)5-6-12(17)18/h7H,5-6H2,1-4H3,(H,15,16)(H,17,18). The fourth-order valence-electron chi connectivity index (χ4n) is 1.95. The Kier molecular flexibility index (Phi) is 5.83. The Bertz CT molecular complexity index is 541. The fourth-order valence-corrected chi connectivity index (χ4v) is 1.95. The van der Waals surface area contributed by atoms with Crippen LogP contribution in [0, 0.1) is 6.92 Å². The second-order valence-corrected chi connectivity index (χ2v) is 4.26. The molecule has 0 aliphatic rings. The summed E-state index contributed by atoms with van der Waals surface area (Å²) in [6.07, 6.45) is -0.355. The summed E-state index contributed by atoms with van der Waals surface area (Å²) < 4.78 is 15.7. The normalized spacial score (nSPS) is 9.90. The predicted octanol–water partition coefficient (Wildman–Crippen LogP) is 1.82. The Morgan fingerprint density at radius 2 is 1.71 bits per heavy atom. The van der Waals surface area contributed by atoms with Crippen molar-refractivity contribution in [1.29, 1.82) is 0 Å². The number of benzene rings is 1. The van der Waals surface area contributed by atoms with E-state index in [1.807, 2.05) is 0 Å². The van der Waals surface area contributed by atoms with E-state index in [0.717, 1.165) is 0 Å². The van der Waals surface area contributed by atoms with Gasteiger partial charge in [0.25, 0.3) is 0 Å². The van der Waals surface area contributed by atoms with Gasteiger partial charge in [-0.15, -0.1) is 0 Å². The first-order chi connectivity index (χ1) is 9.94. The molecule has 0 heterocycles. The van der Waals surface area contributed by atoms with Gasteiger partial charge < -0.3 is 24.6 Å². The number of aliphatic carboxylic acids is 1. The summed E-state index contributed by atoms with van der Waals surface area (Å²) in [5, 5.41) is 11.2. The largest absolute Gasteiger partial charge is 0.494 e. The van der Waals surface area contributed by atoms with Crippen molar-refractivity contribution in [1.82, 2.24) is 0 Å². The molecule has 0 fully saturated rings. The minimum Gasteiger partial charge on any atom is -0.494 e. The van der Waals surface area contributed by atoms with E-state index in [0.29, 0.717) is 28.5 Å². The Hall–Kier alpha value is -2.44. The van der Waals surface area contributed by atoms with Crippen LogP contribution in [0.25, 0.3) is 0 Å². The van der Waals surface area contributed by atoms with E-state index in [1.165, 1.54) is 21.3 Å². The van der Waals surface area contributed by atoms with E-state index in [2.05, 4.69) is 5.32 Å². The number of amides is 1. The number of anilines is 1. The van der Waals surface area contributed by atoms with Crippen LogP contribution >= 0.6 is 0 Å². The zero-order valence-corrected chi connectivity index (χ0v) is 12.5. The van der Waals surface area contributed by atoms with Gasteiger partial charge in [-0.05, 0) is 6.92 Å². The Labute approximate surface area is 122 Å². The van der Waals surface area contributed by atoms with Crippen LogP contribution in [0.1, 0.15) is 18.4 Å². The fraction of sp³-hybridized carbons (Fsp3) is 0.429. The molecule has 1 aromatic carbocycles. The third kappa shape index (κ3) is 4.01. The molecule has 116 valence electrons. The van der Waals surface area contributed by atoms with Crippen LogP contribution in [0.2, 0.25) is 0 Å². The number of ether oxygens (including phenoxy) is 3. The number of hydrogen-bond acceptors (Lipinski definition) is 5. The van der Waals surface area contributed by atoms with Gasteiger partial charge in [-0.1, -0.05) is 0 Å². The monoisotopic (exact) mass is 297 g/mol. The molecule has 1 rings (SSSR count). The van der Waals surface area contributed by atoms with Crippen molar-refractivity contribution in [3.05, 3.63) is 11.6 Å². The van der Waals surface area contributed by atoms with E-state index in [4.69, 9.17) is 19.3 Å². The molecule has 0 radical (unpaired) electrons. The van der Waals surface area contributed by atoms with Crippen LogP contribution in [0.4, 0.5) is 5.69 Å². The van der Waals surface area contributed by atoms with Gasteiger partial charge in [-0.3, -0.25) is 9.59 Å². The summed E-state index contributed by atoms with van der Waals surface area (Å²) in [7, 11) is 4.47. The minimum absolute atomic E-state index is 0.119. The molecule has 0 aliphatic heterocycles. The third-order valence-electron chi connectivity index (χ3n) is 2.89. The number of carbonyl (C=O) groups excluding carboxylic acids is 1. The molecule has 7 nitrogen and oxygen atoms in total. The van der Waals surface area contributed by atoms with E-state index < -0.39 is 11.9 Å². The first kappa shape index (κ1) is 16.6. The smallest absolute Gasteiger partial charge is 0.303 e. The molecule has 1 amide bonds. The molecular formula is C14H19NO6. The van der Waals surface area contributed by atoms with Crippen molar-refractivity contribution in [2.45, 2.75) is 19.8 Å². The number of carboxylic acids is 1. The Balaban J connectivity index is 3.08. The van der Waals surface area contributed by atoms with Crippen LogP contribution in [-0.4, -0.2) is 38.3 Å². The molecule has 0 aliphatic carbocycles. The predicted molar refractivity (Wildman–Crippen MR) is 76.3 cm³/mol. The number of hydrogen-bond donors (Lipinski definition) is 2. The maximum Gasteiger partial charge on any atom is 0.303 e. The van der Waals surface area contributed by atoms with Crippen LogP contribution in [-0.2, 0) is 9.59 Å². The second kappa shape index (κ2) is 7.37. The molecular weight excluding hydrogens is 278 g/mol. The third-order valence-corrected chi connectivity index (χ3v) is 2.89. The molecule has 0 spiro atoms. The number of methoxy groups -OCH3 is 3. The summed E-state index contributed by atoms with van der Waals surface area (Å²) >= 11 is 0. The first-order valence-corrected chi connectivity index (χ1v) is 6.25. The van der Waals surface area contributed by atoms with Crippen molar-refractivity contribution in [2.75, 3.05) is 26.6 Å². The van der Waals surface area contributed by atoms with E-state index >= 15 is 0 Å². The summed E-state index contributed by atoms with van der Waals surface area (Å²) in [6.45, 7) is 1.77. The maximum atomic E-state index is 11.7. The van der Waals surface area contributed by atoms with Crippen LogP contribution in [0.5, 0.6) is 17.2 Å². The van der Waals surface area contributed by atoms with Gasteiger partial charge in [0.1, 0.15) is 5.75 Å². The molecule has 0 aromatic heterocycles. The van der Waals surface area contributed by atoms with Crippen molar-refractivity contribution < 1.29 is 28.9 Å². The van der Waals surface area contributed by atoms with Gasteiger partial charge in [0, 0.05) is 18.1 Å². The summed E-state index contributed by atoms with van der Waals surface area (Å²) in [5.41, 5.74) is 1.08. The topological polar surface area (TPSA) is 94.1 Å². The van der Waals surface area contributed by atoms with Crippen LogP contribution in [0.3, 0.4) is 0 Å². The molecule has 0 atom stereocenters. The highest BCUT2D eigenvalue weighted by molar-refractivity contribution is 5.94. The molecule has 0 saturated carbocycles. The van der Waals surface area contributed by atoms with E-state index in [-0.39, 0.29) is 12.8 Å². The zero-order chi connectivity index (χ0) is 16.0. The Morgan fingerprint density at radius 3 is 2.19 bits per heavy atom. The molecule has 0 bridgehead atoms. The van der Waals surface area contributed by atoms with Gasteiger partial charge >= 0.3 is 5.97 Å². The summed E-state index contributed by atoms with van der Waals surface area (Å²) in [6, 6.07) is 1.57. The van der Waals surface area contributed by atoms with Gasteiger partial charge in [0.2, 0.25) is 5.91 Å². The number of carbonyl (C=O) groups is 2. The highest BCUT2D eigenvalue weighted by Crippen LogP contribution is 2.42. The first-order valence-electron chi connectivity index (χ1n) is 6.25. The summed E-state index contributed by atoms with van der Waals surface area (Å²) in [4.78, 5) is 22.2. The van der Waals surface area contributed by atoms with Crippen LogP contribution < -0.4 is 19.5 Å². The SMILES string of the molecule is COc1cc(NC(=O)CCC(=O)O)c(OC)c(C)c1OC. The quantitative estimate of drug-likeness (QED) is 0.797. The molecule has 0 saturated heterocycles. The van der Waals surface area contributed by atoms with E-state index in [9.17, 15) is 9.59 Å². The highest BCUT2D eigenvalue weighted by Gasteiger charge is 2.19. The number of rotatable bonds is 7. The molecule has 1 aromatic rings. The van der Waals surface area contributed by atoms with Gasteiger partial charge in [-0.25, -0.2) is 0 Å². The molecule has 7 heteroatoms. The molecule has 2 N–H and O–H groups in total. The minimum atomic E-state index is -1.03. The lowest BCUT2D eigenvalue weighted by Crippen LogP contribution is -2.14. The number of nitrogens with one attached hydrogen (secondary N) is 1. The lowest BCUT2D eigenvalue weighted by Gasteiger charge is -2.18. The van der Waals surface area contributed by atoms with Gasteiger partial charge in [0.15, 0.2) is 11.5 Å². The Morgan fingerprint density at radius 1 is 1.10 bits per heavy atom. The summed E-state index contributed by atoms with van der Waals surface area (Å²) in [5.74, 6) is -0.0403.